The highest BCUT2D eigenvalue weighted by atomic mass is 31.3. The van der Waals surface area contributed by atoms with Crippen molar-refractivity contribution >= 4 is 71.3 Å². The van der Waals surface area contributed by atoms with Crippen molar-refractivity contribution in [2.24, 2.45) is 13.0 Å². The second kappa shape index (κ2) is 23.1. The van der Waals surface area contributed by atoms with E-state index in [0.717, 1.165) is 36.6 Å². The summed E-state index contributed by atoms with van der Waals surface area (Å²) in [6.45, 7) is -2.21. The number of hydrogen-bond donors (Lipinski definition) is 11. The summed E-state index contributed by atoms with van der Waals surface area (Å²) in [5.41, 5.74) is 6.89. The molecular formula is C36H51N13O25P4. The molecule has 78 heavy (non-hydrogen) atoms. The summed E-state index contributed by atoms with van der Waals surface area (Å²) < 4.78 is 110. The zero-order valence-corrected chi connectivity index (χ0v) is 44.1. The quantitative estimate of drug-likeness (QED) is 0.0232. The van der Waals surface area contributed by atoms with Gasteiger partial charge in [-0.15, -0.1) is 0 Å². The molecule has 430 valence electrons. The number of aliphatic hydroxyl groups excluding tert-OH is 3. The topological polar surface area (TPSA) is 539 Å². The standard InChI is InChI=1S/C36H51N13O25P4/c1-4-6-39-36(56)66-8-15-16(70-31(22(15)51)49-14-46(2)21-29(49)44-34(38)45-30(21)54)9-68-76(59,60)73-78(63,64)74-77(61,62)69-11-18-26(25(65-3)33(72-18)48-13-42-20-27(37)40-12-41-28(20)48)75(57,58)67-10-17-23(52)24(53)32(71-17)47-7-5-19(50)43-35(47)55/h5,7,12-18,22-26,31-33,51-53H,4,6,8-11H2,1-3H3,(H10-,37,38,39,40,41,43,44,45,50,54,55,56,57,58,59,60,61,62,63,64)/t15-,16-,17-,18-,22-,23-,24-,25-,26-,31-,32-,33-/m1/s1. The molecule has 16 atom stereocenters. The third-order valence-electron chi connectivity index (χ3n) is 12.2. The maximum absolute atomic E-state index is 14.2. The molecule has 38 nitrogen and oxygen atoms in total. The molecule has 3 aliphatic rings. The molecule has 4 unspecified atom stereocenters. The number of H-pyrrole nitrogens is 2. The fraction of sp³-hybridized carbons (Fsp3) is 0.583. The van der Waals surface area contributed by atoms with E-state index >= 15 is 0 Å². The number of alkyl carbamates (subject to hydrolysis) is 1. The molecule has 5 aromatic rings. The Morgan fingerprint density at radius 1 is 0.821 bits per heavy atom. The molecule has 0 spiro atoms. The lowest BCUT2D eigenvalue weighted by atomic mass is 9.99. The zero-order valence-electron chi connectivity index (χ0n) is 40.5. The Labute approximate surface area is 435 Å². The molecule has 0 saturated carbocycles. The van der Waals surface area contributed by atoms with E-state index in [-0.39, 0.29) is 40.6 Å². The highest BCUT2D eigenvalue weighted by Gasteiger charge is 2.55. The predicted octanol–water partition coefficient (Wildman–Crippen LogP) is -4.05. The fourth-order valence-electron chi connectivity index (χ4n) is 8.72. The SMILES string of the molecule is CCCNC(=O)OC[C@H]1[C@@H](O)[C@H](n2c[n+](C)c3c(=O)[nH]c(N)nc32)O[C@@H]1COP(=O)(O)OP(=O)(O)OP(=O)(O)OC[C@H]1O[C@@H](n2cnc3c(N)ncnc32)[C@H](OC)[C@@H]1P(=O)([O-])OC[C@H]1O[C@@H](n2ccc(=O)[nH]c2=O)[C@H](O)[C@@H]1O. The van der Waals surface area contributed by atoms with Crippen molar-refractivity contribution in [2.75, 3.05) is 51.5 Å². The maximum Gasteiger partial charge on any atom is 0.490 e. The Balaban J connectivity index is 0.965. The second-order valence-electron chi connectivity index (χ2n) is 17.4. The number of methoxy groups -OCH3 is 1. The van der Waals surface area contributed by atoms with Crippen LogP contribution in [0.3, 0.4) is 0 Å². The van der Waals surface area contributed by atoms with E-state index in [4.69, 9.17) is 48.7 Å². The average Bonchev–Trinajstić information content (AvgIpc) is 4.26. The number of nitrogens with two attached hydrogens (primary N) is 2. The molecule has 0 bridgehead atoms. The lowest BCUT2D eigenvalue weighted by molar-refractivity contribution is -0.646. The summed E-state index contributed by atoms with van der Waals surface area (Å²) in [4.78, 5) is 116. The van der Waals surface area contributed by atoms with Crippen molar-refractivity contribution in [3.05, 3.63) is 62.4 Å². The Morgan fingerprint density at radius 2 is 1.46 bits per heavy atom. The van der Waals surface area contributed by atoms with Gasteiger partial charge in [0.1, 0.15) is 56.6 Å². The van der Waals surface area contributed by atoms with E-state index in [2.05, 4.69) is 38.9 Å². The molecule has 8 heterocycles. The van der Waals surface area contributed by atoms with Crippen LogP contribution in [0.5, 0.6) is 0 Å². The number of phosphoric ester groups is 2. The number of aryl methyl sites for hydroxylation is 1. The molecule has 0 radical (unpaired) electrons. The minimum Gasteiger partial charge on any atom is -0.778 e. The molecule has 3 fully saturated rings. The number of anilines is 2. The van der Waals surface area contributed by atoms with Crippen LogP contribution in [0, 0.1) is 5.92 Å². The van der Waals surface area contributed by atoms with Gasteiger partial charge in [0.25, 0.3) is 16.7 Å². The van der Waals surface area contributed by atoms with Gasteiger partial charge in [-0.3, -0.25) is 37.7 Å². The minimum atomic E-state index is -6.28. The van der Waals surface area contributed by atoms with Crippen LogP contribution in [0.25, 0.3) is 22.3 Å². The van der Waals surface area contributed by atoms with E-state index in [0.29, 0.717) is 11.0 Å². The Bertz CT molecular complexity index is 3410. The molecule has 8 rings (SSSR count). The van der Waals surface area contributed by atoms with Gasteiger partial charge < -0.3 is 84.5 Å². The maximum atomic E-state index is 14.2. The molecule has 13 N–H and O–H groups in total. The van der Waals surface area contributed by atoms with Crippen LogP contribution in [-0.2, 0) is 71.2 Å². The number of fused-ring (bicyclic) bond motifs is 2. The van der Waals surface area contributed by atoms with Crippen LogP contribution < -0.4 is 43.1 Å². The monoisotopic (exact) mass is 1190 g/mol. The number of hydrogen-bond acceptors (Lipinski definition) is 28. The molecular weight excluding hydrogens is 1140 g/mol. The number of nitrogens with zero attached hydrogens (tertiary/aromatic N) is 8. The molecule has 42 heteroatoms. The number of phosphoric acid groups is 3. The van der Waals surface area contributed by atoms with Gasteiger partial charge in [0.05, 0.1) is 57.0 Å². The highest BCUT2D eigenvalue weighted by molar-refractivity contribution is 7.66. The lowest BCUT2D eigenvalue weighted by Gasteiger charge is -2.35. The number of rotatable bonds is 22. The Kier molecular flexibility index (Phi) is 17.4. The van der Waals surface area contributed by atoms with Gasteiger partial charge in [-0.25, -0.2) is 42.8 Å². The first-order valence-corrected chi connectivity index (χ1v) is 28.8. The lowest BCUT2D eigenvalue weighted by Crippen LogP contribution is -2.40. The van der Waals surface area contributed by atoms with Crippen LogP contribution in [0.4, 0.5) is 16.6 Å². The number of aliphatic hydroxyl groups is 3. The molecule has 1 amide bonds. The van der Waals surface area contributed by atoms with Gasteiger partial charge in [0.2, 0.25) is 18.5 Å². The molecule has 5 aromatic heterocycles. The first-order valence-electron chi connectivity index (χ1n) is 22.7. The normalized spacial score (nSPS) is 29.5. The van der Waals surface area contributed by atoms with Gasteiger partial charge in [0.15, 0.2) is 23.9 Å². The predicted molar refractivity (Wildman–Crippen MR) is 252 cm³/mol. The third-order valence-corrected chi connectivity index (χ3v) is 18.3. The highest BCUT2D eigenvalue weighted by Crippen LogP contribution is 2.68. The van der Waals surface area contributed by atoms with E-state index in [1.165, 1.54) is 22.5 Å². The number of ether oxygens (including phenoxy) is 5. The summed E-state index contributed by atoms with van der Waals surface area (Å²) in [5, 5.41) is 35.4. The van der Waals surface area contributed by atoms with Crippen molar-refractivity contribution in [1.29, 1.82) is 0 Å². The smallest absolute Gasteiger partial charge is 0.490 e. The van der Waals surface area contributed by atoms with E-state index in [1.54, 1.807) is 6.92 Å². The third kappa shape index (κ3) is 12.5. The van der Waals surface area contributed by atoms with Crippen LogP contribution in [-0.4, -0.2) is 168 Å². The minimum absolute atomic E-state index is 0.00784. The van der Waals surface area contributed by atoms with Gasteiger partial charge in [0, 0.05) is 25.9 Å². The van der Waals surface area contributed by atoms with E-state index in [1.807, 2.05) is 4.98 Å². The fourth-order valence-corrected chi connectivity index (χ4v) is 14.0. The largest absolute Gasteiger partial charge is 0.778 e. The van der Waals surface area contributed by atoms with Crippen molar-refractivity contribution < 1.29 is 108 Å². The van der Waals surface area contributed by atoms with Crippen LogP contribution in [0.15, 0.2) is 45.6 Å². The Morgan fingerprint density at radius 3 is 2.13 bits per heavy atom. The van der Waals surface area contributed by atoms with Crippen LogP contribution >= 0.6 is 31.1 Å². The molecule has 0 aromatic carbocycles. The number of carbonyl (C=O) groups excluding carboxylic acids is 1. The number of imidazole rings is 2. The van der Waals surface area contributed by atoms with Crippen molar-refractivity contribution in [1.82, 2.24) is 48.9 Å². The number of aromatic amines is 2. The first kappa shape index (κ1) is 58.9. The van der Waals surface area contributed by atoms with Gasteiger partial charge in [-0.2, -0.15) is 18.2 Å². The number of nitrogens with one attached hydrogen (secondary N) is 3. The van der Waals surface area contributed by atoms with Gasteiger partial charge in [-0.05, 0) is 6.42 Å². The summed E-state index contributed by atoms with van der Waals surface area (Å²) in [5.74, 6) is -1.75. The second-order valence-corrected chi connectivity index (χ2v) is 24.0. The van der Waals surface area contributed by atoms with Crippen molar-refractivity contribution in [3.63, 3.8) is 0 Å². The Hall–Kier alpha value is -5.27. The number of nitrogen functional groups attached to an aromatic ring is 2. The number of aromatic nitrogens is 10. The summed E-state index contributed by atoms with van der Waals surface area (Å²) in [6.07, 6.45) is -13.1. The molecule has 3 saturated heterocycles. The zero-order chi connectivity index (χ0) is 56.8. The summed E-state index contributed by atoms with van der Waals surface area (Å²) >= 11 is 0. The molecule has 0 aliphatic carbocycles. The molecule has 3 aliphatic heterocycles. The van der Waals surface area contributed by atoms with Gasteiger partial charge in [-0.1, -0.05) is 6.92 Å². The van der Waals surface area contributed by atoms with Crippen molar-refractivity contribution in [3.8, 4) is 0 Å². The summed E-state index contributed by atoms with van der Waals surface area (Å²) in [6, 6.07) is 0.910. The van der Waals surface area contributed by atoms with Crippen molar-refractivity contribution in [2.45, 2.75) is 80.4 Å². The average molecular weight is 1190 g/mol. The van der Waals surface area contributed by atoms with E-state index in [9.17, 15) is 72.3 Å². The number of carbonyl (C=O) groups is 1. The van der Waals surface area contributed by atoms with Crippen LogP contribution in [0.1, 0.15) is 32.0 Å². The summed E-state index contributed by atoms with van der Waals surface area (Å²) in [7, 11) is -21.3. The number of amides is 1. The van der Waals surface area contributed by atoms with E-state index < -0.39 is 153 Å². The first-order chi connectivity index (χ1) is 36.6. The van der Waals surface area contributed by atoms with Gasteiger partial charge >= 0.3 is 40.8 Å². The van der Waals surface area contributed by atoms with Crippen LogP contribution in [0.2, 0.25) is 0 Å².